The molecule has 5 rings (SSSR count). The fourth-order valence-corrected chi connectivity index (χ4v) is 5.93. The second kappa shape index (κ2) is 6.41. The first-order valence-corrected chi connectivity index (χ1v) is 10.7. The van der Waals surface area contributed by atoms with E-state index in [1.54, 1.807) is 0 Å². The molecule has 1 saturated heterocycles. The van der Waals surface area contributed by atoms with Crippen LogP contribution in [0.4, 0.5) is 0 Å². The quantitative estimate of drug-likeness (QED) is 0.727. The second-order valence-electron chi connectivity index (χ2n) is 8.87. The maximum atomic E-state index is 13.4. The molecule has 1 aromatic carbocycles. The molecular weight excluding hydrogens is 348 g/mol. The zero-order valence-electron chi connectivity index (χ0n) is 16.8. The van der Waals surface area contributed by atoms with E-state index in [1.165, 1.54) is 23.1 Å². The average Bonchev–Trinajstić information content (AvgIpc) is 3.07. The summed E-state index contributed by atoms with van der Waals surface area (Å²) in [5.41, 5.74) is 4.74. The molecule has 146 valence electrons. The van der Waals surface area contributed by atoms with Crippen LogP contribution in [0.15, 0.2) is 30.3 Å². The lowest BCUT2D eigenvalue weighted by Gasteiger charge is -2.53. The van der Waals surface area contributed by atoms with E-state index in [-0.39, 0.29) is 23.5 Å². The average molecular weight is 377 g/mol. The number of nitrogens with zero attached hydrogens (tertiary/aromatic N) is 2. The minimum Gasteiger partial charge on any atom is -0.309 e. The van der Waals surface area contributed by atoms with Gasteiger partial charge in [0.1, 0.15) is 6.29 Å². The summed E-state index contributed by atoms with van der Waals surface area (Å²) < 4.78 is 2.25. The number of Topliss-reactive ketones (excluding diaryl/α,β-unsaturated/α-hetero) is 1. The topological polar surface area (TPSA) is 42.3 Å². The Labute approximate surface area is 166 Å². The molecule has 0 spiro atoms. The van der Waals surface area contributed by atoms with E-state index in [0.29, 0.717) is 6.04 Å². The van der Waals surface area contributed by atoms with E-state index in [9.17, 15) is 9.59 Å². The lowest BCUT2D eigenvalue weighted by atomic mass is 9.66. The van der Waals surface area contributed by atoms with E-state index < -0.39 is 0 Å². The maximum absolute atomic E-state index is 13.4. The number of ketones is 1. The summed E-state index contributed by atoms with van der Waals surface area (Å²) in [5.74, 6) is -0.152. The Balaban J connectivity index is 1.79. The van der Waals surface area contributed by atoms with Crippen LogP contribution in [-0.2, 0) is 16.0 Å². The zero-order valence-corrected chi connectivity index (χ0v) is 16.8. The van der Waals surface area contributed by atoms with Gasteiger partial charge >= 0.3 is 0 Å². The normalized spacial score (nSPS) is 27.2. The standard InChI is InChI=1S/C24H28N2O2/c1-3-24-10-6-11-25-12-9-18-17-7-4-5-8-19(17)26(22(18)23(24)25)20(14-24)21(28)13-16(2)15-27/h4-5,7-8,14-16,23H,3,6,9-13H2,1-2H3/t16-,23-,24+/m1/s1. The Kier molecular flexibility index (Phi) is 4.09. The van der Waals surface area contributed by atoms with Crippen LogP contribution in [0, 0.1) is 11.3 Å². The van der Waals surface area contributed by atoms with E-state index in [4.69, 9.17) is 0 Å². The monoisotopic (exact) mass is 376 g/mol. The van der Waals surface area contributed by atoms with Crippen LogP contribution in [0.25, 0.3) is 16.6 Å². The van der Waals surface area contributed by atoms with Crippen molar-refractivity contribution in [3.8, 4) is 0 Å². The van der Waals surface area contributed by atoms with Gasteiger partial charge in [-0.15, -0.1) is 0 Å². The maximum Gasteiger partial charge on any atom is 0.179 e. The van der Waals surface area contributed by atoms with Gasteiger partial charge in [0, 0.05) is 35.4 Å². The number of para-hydroxylation sites is 1. The number of carbonyl (C=O) groups is 2. The highest BCUT2D eigenvalue weighted by atomic mass is 16.1. The summed E-state index contributed by atoms with van der Waals surface area (Å²) in [7, 11) is 0. The molecule has 0 aliphatic carbocycles. The number of carbonyl (C=O) groups excluding carboxylic acids is 2. The minimum absolute atomic E-state index is 0.0210. The molecule has 1 aromatic heterocycles. The van der Waals surface area contributed by atoms with E-state index in [1.807, 2.05) is 6.92 Å². The number of allylic oxidation sites excluding steroid dienone is 1. The summed E-state index contributed by atoms with van der Waals surface area (Å²) >= 11 is 0. The molecule has 3 aliphatic rings. The third-order valence-electron chi connectivity index (χ3n) is 7.27. The molecule has 0 unspecified atom stereocenters. The smallest absolute Gasteiger partial charge is 0.179 e. The second-order valence-corrected chi connectivity index (χ2v) is 8.87. The molecule has 0 N–H and O–H groups in total. The molecule has 3 aliphatic heterocycles. The highest BCUT2D eigenvalue weighted by Gasteiger charge is 2.50. The Morgan fingerprint density at radius 3 is 2.93 bits per heavy atom. The number of hydrogen-bond acceptors (Lipinski definition) is 3. The number of fused-ring (bicyclic) bond motifs is 3. The lowest BCUT2D eigenvalue weighted by molar-refractivity contribution is -0.118. The lowest BCUT2D eigenvalue weighted by Crippen LogP contribution is -2.51. The molecule has 0 bridgehead atoms. The number of rotatable bonds is 5. The van der Waals surface area contributed by atoms with Gasteiger partial charge in [0.2, 0.25) is 0 Å². The summed E-state index contributed by atoms with van der Waals surface area (Å²) in [4.78, 5) is 27.2. The van der Waals surface area contributed by atoms with Crippen LogP contribution < -0.4 is 0 Å². The largest absolute Gasteiger partial charge is 0.309 e. The van der Waals surface area contributed by atoms with Gasteiger partial charge < -0.3 is 9.36 Å². The van der Waals surface area contributed by atoms with Crippen LogP contribution in [0.3, 0.4) is 0 Å². The molecule has 28 heavy (non-hydrogen) atoms. The minimum atomic E-state index is -0.246. The van der Waals surface area contributed by atoms with Crippen molar-refractivity contribution in [3.63, 3.8) is 0 Å². The number of hydrogen-bond donors (Lipinski definition) is 0. The van der Waals surface area contributed by atoms with E-state index in [2.05, 4.69) is 46.7 Å². The number of aldehydes is 1. The van der Waals surface area contributed by atoms with E-state index >= 15 is 0 Å². The first-order valence-electron chi connectivity index (χ1n) is 10.7. The first kappa shape index (κ1) is 17.9. The molecule has 4 heterocycles. The van der Waals surface area contributed by atoms with Crippen molar-refractivity contribution < 1.29 is 9.59 Å². The summed E-state index contributed by atoms with van der Waals surface area (Å²) in [6, 6.07) is 8.88. The van der Waals surface area contributed by atoms with Gasteiger partial charge in [-0.3, -0.25) is 9.69 Å². The fraction of sp³-hybridized carbons (Fsp3) is 0.500. The van der Waals surface area contributed by atoms with Gasteiger partial charge in [-0.05, 0) is 49.9 Å². The predicted octanol–water partition coefficient (Wildman–Crippen LogP) is 4.38. The molecule has 1 fully saturated rings. The number of aromatic nitrogens is 1. The van der Waals surface area contributed by atoms with Crippen molar-refractivity contribution in [1.29, 1.82) is 0 Å². The third-order valence-corrected chi connectivity index (χ3v) is 7.27. The molecular formula is C24H28N2O2. The Bertz CT molecular complexity index is 1000. The Morgan fingerprint density at radius 1 is 1.32 bits per heavy atom. The van der Waals surface area contributed by atoms with Gasteiger partial charge in [0.25, 0.3) is 0 Å². The molecule has 3 atom stereocenters. The van der Waals surface area contributed by atoms with Gasteiger partial charge in [-0.25, -0.2) is 0 Å². The molecule has 0 saturated carbocycles. The summed E-state index contributed by atoms with van der Waals surface area (Å²) in [5, 5.41) is 1.29. The highest BCUT2D eigenvalue weighted by molar-refractivity contribution is 6.18. The van der Waals surface area contributed by atoms with E-state index in [0.717, 1.165) is 49.9 Å². The van der Waals surface area contributed by atoms with Gasteiger partial charge in [-0.2, -0.15) is 0 Å². The van der Waals surface area contributed by atoms with Gasteiger partial charge in [0.05, 0.1) is 17.3 Å². The van der Waals surface area contributed by atoms with Gasteiger partial charge in [-0.1, -0.05) is 32.0 Å². The fourth-order valence-electron chi connectivity index (χ4n) is 5.93. The molecule has 0 amide bonds. The Morgan fingerprint density at radius 2 is 2.14 bits per heavy atom. The van der Waals surface area contributed by atoms with Crippen molar-refractivity contribution in [2.24, 2.45) is 11.3 Å². The van der Waals surface area contributed by atoms with Crippen LogP contribution in [0.1, 0.15) is 56.8 Å². The highest BCUT2D eigenvalue weighted by Crippen LogP contribution is 2.57. The molecule has 4 heteroatoms. The van der Waals surface area contributed by atoms with Crippen molar-refractivity contribution >= 4 is 28.7 Å². The number of piperidine rings is 1. The molecule has 2 aromatic rings. The zero-order chi connectivity index (χ0) is 19.5. The van der Waals surface area contributed by atoms with Crippen LogP contribution >= 0.6 is 0 Å². The van der Waals surface area contributed by atoms with Crippen LogP contribution in [0.5, 0.6) is 0 Å². The molecule has 0 radical (unpaired) electrons. The van der Waals surface area contributed by atoms with Crippen molar-refractivity contribution in [3.05, 3.63) is 41.6 Å². The van der Waals surface area contributed by atoms with Crippen molar-refractivity contribution in [1.82, 2.24) is 9.47 Å². The number of benzene rings is 1. The molecule has 4 nitrogen and oxygen atoms in total. The third kappa shape index (κ3) is 2.33. The van der Waals surface area contributed by atoms with Crippen molar-refractivity contribution in [2.75, 3.05) is 13.1 Å². The van der Waals surface area contributed by atoms with Crippen molar-refractivity contribution in [2.45, 2.75) is 52.0 Å². The SMILES string of the molecule is CC[C@@]12C=C(C(=O)C[C@@H](C)C=O)n3c4c(c5ccccc53)CCN(CCC1)[C@H]42. The van der Waals surface area contributed by atoms with Gasteiger partial charge in [0.15, 0.2) is 5.78 Å². The Hall–Kier alpha value is -2.20. The summed E-state index contributed by atoms with van der Waals surface area (Å²) in [6.45, 7) is 6.35. The van der Waals surface area contributed by atoms with Crippen LogP contribution in [0.2, 0.25) is 0 Å². The first-order chi connectivity index (χ1) is 13.6. The van der Waals surface area contributed by atoms with Crippen LogP contribution in [-0.4, -0.2) is 34.6 Å². The predicted molar refractivity (Wildman–Crippen MR) is 111 cm³/mol. The summed E-state index contributed by atoms with van der Waals surface area (Å²) in [6.07, 6.45) is 7.86.